The van der Waals surface area contributed by atoms with Crippen LogP contribution in [-0.4, -0.2) is 75.7 Å². The number of carbonyl (C=O) groups is 3. The van der Waals surface area contributed by atoms with E-state index in [0.29, 0.717) is 0 Å². The van der Waals surface area contributed by atoms with Crippen LogP contribution in [0.1, 0.15) is 92.3 Å². The van der Waals surface area contributed by atoms with Gasteiger partial charge < -0.3 is 29.2 Å². The third-order valence-corrected chi connectivity index (χ3v) is 12.0. The second kappa shape index (κ2) is 18.1. The number of ether oxygens (including phenoxy) is 4. The predicted molar refractivity (Wildman–Crippen MR) is 209 cm³/mol. The van der Waals surface area contributed by atoms with Gasteiger partial charge in [0.2, 0.25) is 5.60 Å². The van der Waals surface area contributed by atoms with Gasteiger partial charge in [0.05, 0.1) is 30.1 Å². The van der Waals surface area contributed by atoms with Crippen molar-refractivity contribution in [1.29, 1.82) is 5.26 Å². The number of esters is 3. The summed E-state index contributed by atoms with van der Waals surface area (Å²) >= 11 is 0. The van der Waals surface area contributed by atoms with Crippen LogP contribution in [-0.2, 0) is 53.4 Å². The van der Waals surface area contributed by atoms with E-state index >= 15 is 0 Å². The Balaban J connectivity index is 1.49. The zero-order chi connectivity index (χ0) is 44.4. The van der Waals surface area contributed by atoms with Gasteiger partial charge in [-0.3, -0.25) is 18.9 Å². The lowest BCUT2D eigenvalue weighted by molar-refractivity contribution is -0.189. The molecule has 328 valence electrons. The molecule has 1 aliphatic heterocycles. The fourth-order valence-electron chi connectivity index (χ4n) is 6.81. The highest BCUT2D eigenvalue weighted by molar-refractivity contribution is 7.52. The number of halogens is 3. The van der Waals surface area contributed by atoms with Crippen molar-refractivity contribution in [2.75, 3.05) is 12.3 Å². The first-order valence-corrected chi connectivity index (χ1v) is 21.2. The molecule has 0 spiro atoms. The number of carbonyl (C=O) groups excluding carboxylic acids is 3. The van der Waals surface area contributed by atoms with E-state index in [-0.39, 0.29) is 53.9 Å². The van der Waals surface area contributed by atoms with E-state index in [1.54, 1.807) is 52.0 Å². The van der Waals surface area contributed by atoms with Crippen LogP contribution in [0.25, 0.3) is 5.52 Å². The number of hydrogen-bond donors (Lipinski definition) is 2. The summed E-state index contributed by atoms with van der Waals surface area (Å²) in [5.41, 5.74) is 4.83. The highest BCUT2D eigenvalue weighted by atomic mass is 31.2. The van der Waals surface area contributed by atoms with Crippen molar-refractivity contribution in [1.82, 2.24) is 19.7 Å². The quantitative estimate of drug-likeness (QED) is 0.0979. The Kier molecular flexibility index (Phi) is 13.9. The number of aromatic nitrogens is 3. The molecule has 20 heteroatoms. The first kappa shape index (κ1) is 46.3. The average Bonchev–Trinajstić information content (AvgIpc) is 3.74. The molecule has 3 N–H and O–H groups in total. The van der Waals surface area contributed by atoms with E-state index in [4.69, 9.17) is 33.7 Å². The smallest absolute Gasteiger partial charge is 0.459 e. The topological polar surface area (TPSA) is 216 Å². The number of nitriles is 1. The van der Waals surface area contributed by atoms with Gasteiger partial charge in [0.1, 0.15) is 41.9 Å². The zero-order valence-corrected chi connectivity index (χ0v) is 35.6. The third kappa shape index (κ3) is 10.4. The normalized spacial score (nSPS) is 25.0. The van der Waals surface area contributed by atoms with E-state index in [0.717, 1.165) is 11.9 Å². The molecular formula is C40H52F3N6O10P. The summed E-state index contributed by atoms with van der Waals surface area (Å²) in [6, 6.07) is 10.3. The summed E-state index contributed by atoms with van der Waals surface area (Å²) in [6.45, 7) is 12.8. The summed E-state index contributed by atoms with van der Waals surface area (Å²) in [5.74, 6) is -5.22. The van der Waals surface area contributed by atoms with Crippen LogP contribution in [0.3, 0.4) is 0 Å². The number of hydrogen-bond acceptors (Lipinski definition) is 14. The summed E-state index contributed by atoms with van der Waals surface area (Å²) < 4.78 is 91.6. The molecule has 6 atom stereocenters. The van der Waals surface area contributed by atoms with E-state index in [9.17, 15) is 37.4 Å². The average molecular weight is 865 g/mol. The number of nitrogens with two attached hydrogens (primary N) is 1. The first-order chi connectivity index (χ1) is 28.0. The molecule has 3 heterocycles. The van der Waals surface area contributed by atoms with Crippen LogP contribution in [0.4, 0.5) is 19.0 Å². The lowest BCUT2D eigenvalue weighted by Gasteiger charge is -2.30. The van der Waals surface area contributed by atoms with Gasteiger partial charge in [0.25, 0.3) is 0 Å². The molecule has 3 aromatic rings. The summed E-state index contributed by atoms with van der Waals surface area (Å²) in [7, 11) is -4.70. The minimum Gasteiger partial charge on any atom is -0.461 e. The van der Waals surface area contributed by atoms with Crippen molar-refractivity contribution in [2.24, 2.45) is 17.8 Å². The van der Waals surface area contributed by atoms with Gasteiger partial charge in [-0.1, -0.05) is 60.6 Å². The maximum Gasteiger partial charge on any atom is 0.459 e. The molecule has 1 aliphatic carbocycles. The Labute approximate surface area is 346 Å². The molecule has 60 heavy (non-hydrogen) atoms. The molecule has 0 bridgehead atoms. The Morgan fingerprint density at radius 1 is 0.967 bits per heavy atom. The monoisotopic (exact) mass is 864 g/mol. The van der Waals surface area contributed by atoms with Crippen LogP contribution in [0.15, 0.2) is 42.7 Å². The van der Waals surface area contributed by atoms with Gasteiger partial charge >= 0.3 is 31.8 Å². The molecule has 1 saturated carbocycles. The van der Waals surface area contributed by atoms with E-state index < -0.39 is 92.3 Å². The van der Waals surface area contributed by atoms with Crippen molar-refractivity contribution in [3.63, 3.8) is 0 Å². The molecule has 5 rings (SSSR count). The maximum absolute atomic E-state index is 14.8. The largest absolute Gasteiger partial charge is 0.461 e. The van der Waals surface area contributed by atoms with Gasteiger partial charge in [-0.15, -0.1) is 0 Å². The molecule has 0 amide bonds. The van der Waals surface area contributed by atoms with E-state index in [1.165, 1.54) is 23.6 Å². The number of alkyl halides is 3. The molecule has 1 unspecified atom stereocenters. The van der Waals surface area contributed by atoms with Crippen molar-refractivity contribution < 1.29 is 60.1 Å². The summed E-state index contributed by atoms with van der Waals surface area (Å²) in [6.07, 6.45) is -9.15. The van der Waals surface area contributed by atoms with Gasteiger partial charge in [-0.05, 0) is 67.9 Å². The Morgan fingerprint density at radius 2 is 1.58 bits per heavy atom. The number of nitrogen functional groups attached to an aromatic ring is 1. The van der Waals surface area contributed by atoms with Crippen LogP contribution >= 0.6 is 7.75 Å². The summed E-state index contributed by atoms with van der Waals surface area (Å²) in [5, 5.41) is 17.8. The number of rotatable bonds is 14. The van der Waals surface area contributed by atoms with Crippen LogP contribution in [0.5, 0.6) is 5.75 Å². The molecule has 16 nitrogen and oxygen atoms in total. The van der Waals surface area contributed by atoms with Crippen molar-refractivity contribution >= 4 is 37.0 Å². The van der Waals surface area contributed by atoms with Crippen molar-refractivity contribution in [3.05, 3.63) is 54.0 Å². The number of nitrogens with one attached hydrogen (secondary N) is 1. The number of nitrogens with zero attached hydrogens (tertiary/aromatic N) is 4. The highest BCUT2D eigenvalue weighted by Gasteiger charge is 2.63. The fraction of sp³-hybridized carbons (Fsp3) is 0.600. The van der Waals surface area contributed by atoms with Gasteiger partial charge in [0, 0.05) is 0 Å². The van der Waals surface area contributed by atoms with Crippen LogP contribution in [0.2, 0.25) is 0 Å². The second-order valence-electron chi connectivity index (χ2n) is 16.7. The zero-order valence-electron chi connectivity index (χ0n) is 34.7. The van der Waals surface area contributed by atoms with Gasteiger partial charge in [-0.2, -0.15) is 28.6 Å². The Bertz CT molecular complexity index is 2110. The molecule has 2 aliphatic rings. The van der Waals surface area contributed by atoms with Crippen LogP contribution < -0.4 is 15.3 Å². The van der Waals surface area contributed by atoms with E-state index in [1.807, 2.05) is 20.8 Å². The maximum atomic E-state index is 14.8. The lowest BCUT2D eigenvalue weighted by Crippen LogP contribution is -2.47. The standard InChI is InChI=1S/C40H52F3N6O10P/c1-22(2)35(50)56-32-30(58-39(20-44,33(32)57-36(51)23(3)4)31-18-17-29-34(45)46-21-47-49(29)31)19-54-60(53,59-28-15-9-25(10-16-28)38(6,7)8)48-24(5)37(52)55-27-13-11-26(12-14-27)40(41,42)43/h9-10,15-18,21-24,26-27,30,32-33H,11-14,19H2,1-8H3,(H,48,53)(H2,45,46,47)/t24-,26-,27-,30+,32+,33+,39-,60?/m0/s1. The third-order valence-electron chi connectivity index (χ3n) is 10.3. The SMILES string of the molecule is CC(C)C(=O)O[C@H]1[C@@H](OC(=O)C(C)C)[C@](C#N)(c2ccc3c(N)ncnn23)O[C@@H]1COP(=O)(N[C@@H](C)C(=O)O[C@H]1CC[C@H](C(F)(F)F)CC1)Oc1ccc(C(C)(C)C)cc1. The van der Waals surface area contributed by atoms with Crippen molar-refractivity contribution in [3.8, 4) is 11.8 Å². The summed E-state index contributed by atoms with van der Waals surface area (Å²) in [4.78, 5) is 43.9. The molecule has 2 fully saturated rings. The Hall–Kier alpha value is -4.76. The minimum absolute atomic E-state index is 0.0122. The predicted octanol–water partition coefficient (Wildman–Crippen LogP) is 6.71. The van der Waals surface area contributed by atoms with Gasteiger partial charge in [-0.25, -0.2) is 14.1 Å². The minimum atomic E-state index is -4.70. The van der Waals surface area contributed by atoms with E-state index in [2.05, 4.69) is 21.2 Å². The molecule has 1 saturated heterocycles. The van der Waals surface area contributed by atoms with Crippen molar-refractivity contribution in [2.45, 2.75) is 129 Å². The Morgan fingerprint density at radius 3 is 2.15 bits per heavy atom. The van der Waals surface area contributed by atoms with Gasteiger partial charge in [0.15, 0.2) is 18.0 Å². The number of anilines is 1. The fourth-order valence-corrected chi connectivity index (χ4v) is 8.32. The number of fused-ring (bicyclic) bond motifs is 1. The lowest BCUT2D eigenvalue weighted by atomic mass is 9.87. The molecule has 2 aromatic heterocycles. The van der Waals surface area contributed by atoms with Crippen LogP contribution in [0, 0.1) is 29.1 Å². The second-order valence-corrected chi connectivity index (χ2v) is 18.4. The molecule has 1 aromatic carbocycles. The highest BCUT2D eigenvalue weighted by Crippen LogP contribution is 2.49. The number of benzene rings is 1. The molecular weight excluding hydrogens is 812 g/mol. The first-order valence-electron chi connectivity index (χ1n) is 19.7. The molecule has 0 radical (unpaired) electrons.